The van der Waals surface area contributed by atoms with Crippen molar-refractivity contribution in [2.45, 2.75) is 35.3 Å². The number of alkyl halides is 9. The van der Waals surface area contributed by atoms with Gasteiger partial charge in [0.15, 0.2) is 0 Å². The molecule has 15 heteroatoms. The van der Waals surface area contributed by atoms with Crippen molar-refractivity contribution in [3.05, 3.63) is 0 Å². The van der Waals surface area contributed by atoms with Crippen LogP contribution in [0.5, 0.6) is 0 Å². The number of esters is 3. The molecule has 0 spiro atoms. The largest absolute Gasteiger partial charge is 0.490 e. The standard InChI is InChI=1S/C26H17F9O6/c27-24(28,29)18(36)39-21-10-2-1-3-6-5(2)11(21)8-9-16(21)15-7(10)4(1)14-13(3)22(12(6)8,40-19(37)25(30,31)32)17(9)23(14,15)41-20(38)26(33,34)35/h1-17H. The number of halogens is 9. The van der Waals surface area contributed by atoms with Gasteiger partial charge in [-0.1, -0.05) is 0 Å². The first-order valence-electron chi connectivity index (χ1n) is 13.9. The molecule has 20 atom stereocenters. The van der Waals surface area contributed by atoms with E-state index in [1.165, 1.54) is 0 Å². The van der Waals surface area contributed by atoms with E-state index in [1.807, 2.05) is 0 Å². The first-order chi connectivity index (χ1) is 19.0. The maximum atomic E-state index is 13.7. The lowest BCUT2D eigenvalue weighted by Crippen LogP contribution is -2.53. The van der Waals surface area contributed by atoms with E-state index < -0.39 is 124 Å². The maximum absolute atomic E-state index is 13.7. The first-order valence-corrected chi connectivity index (χ1v) is 13.9. The number of rotatable bonds is 3. The Bertz CT molecular complexity index is 1470. The summed E-state index contributed by atoms with van der Waals surface area (Å²) in [5.41, 5.74) is -5.39. The minimum absolute atomic E-state index is 0.165. The van der Waals surface area contributed by atoms with E-state index in [0.717, 1.165) is 0 Å². The van der Waals surface area contributed by atoms with Crippen molar-refractivity contribution in [1.82, 2.24) is 0 Å². The molecule has 12 fully saturated rings. The van der Waals surface area contributed by atoms with Gasteiger partial charge in [-0.25, -0.2) is 14.4 Å². The molecule has 12 aliphatic rings. The molecule has 12 rings (SSSR count). The van der Waals surface area contributed by atoms with Crippen molar-refractivity contribution in [1.29, 1.82) is 0 Å². The third-order valence-electron chi connectivity index (χ3n) is 15.0. The monoisotopic (exact) mass is 596 g/mol. The van der Waals surface area contributed by atoms with Crippen LogP contribution in [-0.2, 0) is 28.6 Å². The fourth-order valence-electron chi connectivity index (χ4n) is 16.5. The SMILES string of the molecule is O=C(OC12C3C4C5C6C7C4C4C3C3C1C1C(C6C6C7C4(OC(=O)C(F)(F)F)C3C16OC(=O)C(F)(F)F)C52)C(F)(F)F. The van der Waals surface area contributed by atoms with E-state index in [-0.39, 0.29) is 29.6 Å². The molecule has 0 aromatic heterocycles. The molecule has 20 unspecified atom stereocenters. The fourth-order valence-corrected chi connectivity index (χ4v) is 16.5. The summed E-state index contributed by atoms with van der Waals surface area (Å²) in [5, 5.41) is 0. The topological polar surface area (TPSA) is 78.9 Å². The zero-order valence-corrected chi connectivity index (χ0v) is 20.2. The number of hydrogen-bond acceptors (Lipinski definition) is 6. The average Bonchev–Trinajstić information content (AvgIpc) is 3.61. The van der Waals surface area contributed by atoms with Crippen molar-refractivity contribution in [2.24, 2.45) is 101 Å². The Kier molecular flexibility index (Phi) is 3.10. The Balaban J connectivity index is 1.18. The highest BCUT2D eigenvalue weighted by molar-refractivity contribution is 5.79. The van der Waals surface area contributed by atoms with Crippen LogP contribution in [0.1, 0.15) is 0 Å². The summed E-state index contributed by atoms with van der Waals surface area (Å²) in [7, 11) is 0. The smallest absolute Gasteiger partial charge is 0.451 e. The van der Waals surface area contributed by atoms with Gasteiger partial charge in [0, 0.05) is 47.3 Å². The molecule has 0 aromatic carbocycles. The summed E-state index contributed by atoms with van der Waals surface area (Å²) in [6, 6.07) is 0. The molecule has 12 saturated carbocycles. The van der Waals surface area contributed by atoms with Crippen LogP contribution in [0, 0.1) is 101 Å². The number of ether oxygens (including phenoxy) is 3. The molecule has 0 saturated heterocycles. The fraction of sp³-hybridized carbons (Fsp3) is 0.885. The molecular weight excluding hydrogens is 579 g/mol. The Morgan fingerprint density at radius 2 is 0.683 bits per heavy atom. The van der Waals surface area contributed by atoms with E-state index in [2.05, 4.69) is 0 Å². The summed E-state index contributed by atoms with van der Waals surface area (Å²) in [6.45, 7) is 0. The second kappa shape index (κ2) is 5.46. The van der Waals surface area contributed by atoms with Gasteiger partial charge in [0.05, 0.1) is 0 Å². The highest BCUT2D eigenvalue weighted by Crippen LogP contribution is 3.05. The van der Waals surface area contributed by atoms with Crippen LogP contribution in [0.4, 0.5) is 39.5 Å². The predicted molar refractivity (Wildman–Crippen MR) is 104 cm³/mol. The lowest BCUT2D eigenvalue weighted by molar-refractivity contribution is -0.233. The minimum Gasteiger partial charge on any atom is -0.451 e. The highest BCUT2D eigenvalue weighted by Gasteiger charge is 3.10. The van der Waals surface area contributed by atoms with Crippen LogP contribution >= 0.6 is 0 Å². The van der Waals surface area contributed by atoms with Gasteiger partial charge in [-0.05, 0) is 53.3 Å². The molecule has 220 valence electrons. The quantitative estimate of drug-likeness (QED) is 0.283. The summed E-state index contributed by atoms with van der Waals surface area (Å²) < 4.78 is 140. The number of carbonyl (C=O) groups excluding carboxylic acids is 3. The van der Waals surface area contributed by atoms with Crippen LogP contribution in [0.3, 0.4) is 0 Å². The van der Waals surface area contributed by atoms with Gasteiger partial charge in [-0.3, -0.25) is 0 Å². The van der Waals surface area contributed by atoms with E-state index in [0.29, 0.717) is 0 Å². The third kappa shape index (κ3) is 1.70. The second-order valence-electron chi connectivity index (χ2n) is 14.6. The molecule has 0 bridgehead atoms. The predicted octanol–water partition coefficient (Wildman–Crippen LogP) is 3.14. The van der Waals surface area contributed by atoms with Gasteiger partial charge in [-0.15, -0.1) is 0 Å². The Morgan fingerprint density at radius 1 is 0.390 bits per heavy atom. The maximum Gasteiger partial charge on any atom is 0.490 e. The molecule has 0 aliphatic heterocycles. The summed E-state index contributed by atoms with van der Waals surface area (Å²) >= 11 is 0. The Hall–Kier alpha value is -2.22. The average molecular weight is 596 g/mol. The second-order valence-corrected chi connectivity index (χ2v) is 14.6. The van der Waals surface area contributed by atoms with Crippen molar-refractivity contribution in [2.75, 3.05) is 0 Å². The molecule has 0 aromatic rings. The van der Waals surface area contributed by atoms with Gasteiger partial charge >= 0.3 is 36.4 Å². The highest BCUT2D eigenvalue weighted by atomic mass is 19.4. The van der Waals surface area contributed by atoms with Gasteiger partial charge in [0.1, 0.15) is 16.8 Å². The molecule has 0 heterocycles. The van der Waals surface area contributed by atoms with E-state index in [9.17, 15) is 53.9 Å². The van der Waals surface area contributed by atoms with Gasteiger partial charge in [0.2, 0.25) is 0 Å². The van der Waals surface area contributed by atoms with Crippen molar-refractivity contribution in [3.8, 4) is 0 Å². The normalized spacial score (nSPS) is 65.0. The Morgan fingerprint density at radius 3 is 1.17 bits per heavy atom. The molecule has 41 heavy (non-hydrogen) atoms. The molecule has 6 nitrogen and oxygen atoms in total. The zero-order chi connectivity index (χ0) is 28.7. The first kappa shape index (κ1) is 23.3. The third-order valence-corrected chi connectivity index (χ3v) is 15.0. The van der Waals surface area contributed by atoms with Crippen molar-refractivity contribution < 1.29 is 68.1 Å². The Labute approximate surface area is 222 Å². The van der Waals surface area contributed by atoms with Crippen LogP contribution in [0.15, 0.2) is 0 Å². The summed E-state index contributed by atoms with van der Waals surface area (Å²) in [6.07, 6.45) is -16.1. The van der Waals surface area contributed by atoms with Crippen LogP contribution < -0.4 is 0 Å². The van der Waals surface area contributed by atoms with Gasteiger partial charge < -0.3 is 14.2 Å². The van der Waals surface area contributed by atoms with E-state index >= 15 is 0 Å². The minimum atomic E-state index is -5.43. The van der Waals surface area contributed by atoms with Crippen LogP contribution in [0.2, 0.25) is 0 Å². The summed E-state index contributed by atoms with van der Waals surface area (Å²) in [4.78, 5) is 37.5. The lowest BCUT2D eigenvalue weighted by Gasteiger charge is -2.42. The number of carbonyl (C=O) groups is 3. The van der Waals surface area contributed by atoms with E-state index in [4.69, 9.17) is 14.2 Å². The molecule has 0 amide bonds. The molecule has 0 radical (unpaired) electrons. The van der Waals surface area contributed by atoms with Crippen molar-refractivity contribution >= 4 is 17.9 Å². The molecule has 0 N–H and O–H groups in total. The van der Waals surface area contributed by atoms with Crippen LogP contribution in [0.25, 0.3) is 0 Å². The van der Waals surface area contributed by atoms with Crippen molar-refractivity contribution in [3.63, 3.8) is 0 Å². The molecule has 12 aliphatic carbocycles. The van der Waals surface area contributed by atoms with Gasteiger partial charge in [-0.2, -0.15) is 39.5 Å². The van der Waals surface area contributed by atoms with Gasteiger partial charge in [0.25, 0.3) is 0 Å². The summed E-state index contributed by atoms with van der Waals surface area (Å²) in [5.74, 6) is -17.1. The zero-order valence-electron chi connectivity index (χ0n) is 20.2. The lowest BCUT2D eigenvalue weighted by atomic mass is 9.73. The van der Waals surface area contributed by atoms with E-state index in [1.54, 1.807) is 0 Å². The van der Waals surface area contributed by atoms with Crippen LogP contribution in [-0.4, -0.2) is 53.2 Å². The number of hydrogen-bond donors (Lipinski definition) is 0. The molecular formula is C26H17F9O6.